The first kappa shape index (κ1) is 12.4. The van der Waals surface area contributed by atoms with E-state index in [1.54, 1.807) is 18.2 Å². The Labute approximate surface area is 111 Å². The standard InChI is InChI=1S/C12H14N2O4S/c1-17-9-3-2-4-10-11(9)12(13-19(10,15)16)14-5-7-18-8-6-14/h2-4H,5-8H2,1H3. The fourth-order valence-electron chi connectivity index (χ4n) is 2.32. The molecule has 3 rings (SSSR count). The van der Waals surface area contributed by atoms with Crippen molar-refractivity contribution in [1.82, 2.24) is 4.90 Å². The monoisotopic (exact) mass is 282 g/mol. The van der Waals surface area contributed by atoms with Crippen molar-refractivity contribution in [1.29, 1.82) is 0 Å². The number of benzene rings is 1. The lowest BCUT2D eigenvalue weighted by atomic mass is 10.1. The van der Waals surface area contributed by atoms with E-state index < -0.39 is 10.0 Å². The molecule has 0 unspecified atom stereocenters. The van der Waals surface area contributed by atoms with Gasteiger partial charge in [0.1, 0.15) is 10.6 Å². The zero-order valence-corrected chi connectivity index (χ0v) is 11.3. The number of nitrogens with zero attached hydrogens (tertiary/aromatic N) is 2. The number of rotatable bonds is 1. The van der Waals surface area contributed by atoms with Crippen LogP contribution in [0.25, 0.3) is 0 Å². The normalized spacial score (nSPS) is 20.9. The molecule has 0 amide bonds. The molecule has 6 nitrogen and oxygen atoms in total. The Morgan fingerprint density at radius 1 is 1.32 bits per heavy atom. The summed E-state index contributed by atoms with van der Waals surface area (Å²) in [7, 11) is -2.09. The first-order valence-electron chi connectivity index (χ1n) is 5.98. The molecule has 1 saturated heterocycles. The van der Waals surface area contributed by atoms with E-state index in [0.717, 1.165) is 0 Å². The summed E-state index contributed by atoms with van der Waals surface area (Å²) in [5, 5.41) is 0. The van der Waals surface area contributed by atoms with Gasteiger partial charge < -0.3 is 14.4 Å². The molecule has 0 atom stereocenters. The Kier molecular flexibility index (Phi) is 2.94. The van der Waals surface area contributed by atoms with Gasteiger partial charge in [0.15, 0.2) is 5.84 Å². The van der Waals surface area contributed by atoms with Crippen LogP contribution in [0.2, 0.25) is 0 Å². The van der Waals surface area contributed by atoms with Gasteiger partial charge in [-0.2, -0.15) is 8.42 Å². The summed E-state index contributed by atoms with van der Waals surface area (Å²) in [5.41, 5.74) is 0.562. The predicted octanol–water partition coefficient (Wildman–Crippen LogP) is 0.476. The Morgan fingerprint density at radius 2 is 2.05 bits per heavy atom. The van der Waals surface area contributed by atoms with Crippen molar-refractivity contribution in [3.63, 3.8) is 0 Å². The fourth-order valence-corrected chi connectivity index (χ4v) is 3.55. The van der Waals surface area contributed by atoms with E-state index in [1.807, 2.05) is 4.90 Å². The van der Waals surface area contributed by atoms with Gasteiger partial charge in [0.2, 0.25) is 0 Å². The second kappa shape index (κ2) is 4.50. The molecule has 19 heavy (non-hydrogen) atoms. The molecule has 2 heterocycles. The Hall–Kier alpha value is -1.60. The molecule has 1 fully saturated rings. The van der Waals surface area contributed by atoms with Crippen molar-refractivity contribution in [3.8, 4) is 5.75 Å². The number of sulfonamides is 1. The van der Waals surface area contributed by atoms with Crippen LogP contribution in [0.3, 0.4) is 0 Å². The van der Waals surface area contributed by atoms with Crippen LogP contribution in [-0.2, 0) is 14.8 Å². The largest absolute Gasteiger partial charge is 0.496 e. The first-order chi connectivity index (χ1) is 9.13. The summed E-state index contributed by atoms with van der Waals surface area (Å²) in [6, 6.07) is 4.97. The van der Waals surface area contributed by atoms with Crippen LogP contribution < -0.4 is 4.74 Å². The van der Waals surface area contributed by atoms with Crippen LogP contribution in [-0.4, -0.2) is 52.6 Å². The smallest absolute Gasteiger partial charge is 0.285 e. The van der Waals surface area contributed by atoms with Gasteiger partial charge in [0, 0.05) is 13.1 Å². The highest BCUT2D eigenvalue weighted by molar-refractivity contribution is 7.90. The highest BCUT2D eigenvalue weighted by atomic mass is 32.2. The maximum Gasteiger partial charge on any atom is 0.285 e. The third-order valence-corrected chi connectivity index (χ3v) is 4.54. The number of fused-ring (bicyclic) bond motifs is 1. The zero-order chi connectivity index (χ0) is 13.5. The lowest BCUT2D eigenvalue weighted by molar-refractivity contribution is 0.0683. The van der Waals surface area contributed by atoms with Gasteiger partial charge in [-0.15, -0.1) is 4.40 Å². The Bertz CT molecular complexity index is 633. The maximum absolute atomic E-state index is 12.1. The van der Waals surface area contributed by atoms with Crippen LogP contribution >= 0.6 is 0 Å². The quantitative estimate of drug-likeness (QED) is 0.749. The van der Waals surface area contributed by atoms with Crippen LogP contribution in [0, 0.1) is 0 Å². The van der Waals surface area contributed by atoms with E-state index in [-0.39, 0.29) is 4.90 Å². The molecular weight excluding hydrogens is 268 g/mol. The van der Waals surface area contributed by atoms with E-state index in [9.17, 15) is 8.42 Å². The van der Waals surface area contributed by atoms with Gasteiger partial charge in [-0.1, -0.05) is 6.07 Å². The molecule has 0 aliphatic carbocycles. The summed E-state index contributed by atoms with van der Waals surface area (Å²) in [6.07, 6.45) is 0. The second-order valence-corrected chi connectivity index (χ2v) is 5.90. The number of methoxy groups -OCH3 is 1. The number of amidine groups is 1. The fraction of sp³-hybridized carbons (Fsp3) is 0.417. The molecule has 0 aromatic heterocycles. The van der Waals surface area contributed by atoms with E-state index in [4.69, 9.17) is 9.47 Å². The van der Waals surface area contributed by atoms with E-state index in [1.165, 1.54) is 7.11 Å². The molecule has 0 radical (unpaired) electrons. The summed E-state index contributed by atoms with van der Waals surface area (Å²) >= 11 is 0. The topological polar surface area (TPSA) is 68.2 Å². The lowest BCUT2D eigenvalue weighted by Crippen LogP contribution is -2.40. The van der Waals surface area contributed by atoms with Gasteiger partial charge in [-0.05, 0) is 12.1 Å². The minimum atomic E-state index is -3.61. The molecule has 0 saturated carbocycles. The van der Waals surface area contributed by atoms with Crippen molar-refractivity contribution < 1.29 is 17.9 Å². The summed E-state index contributed by atoms with van der Waals surface area (Å²) in [4.78, 5) is 2.14. The van der Waals surface area contributed by atoms with E-state index in [0.29, 0.717) is 43.5 Å². The third-order valence-electron chi connectivity index (χ3n) is 3.23. The van der Waals surface area contributed by atoms with Crippen molar-refractivity contribution in [2.24, 2.45) is 4.40 Å². The number of ether oxygens (including phenoxy) is 2. The zero-order valence-electron chi connectivity index (χ0n) is 10.5. The highest BCUT2D eigenvalue weighted by Gasteiger charge is 2.35. The van der Waals surface area contributed by atoms with Crippen molar-refractivity contribution in [2.45, 2.75) is 4.90 Å². The van der Waals surface area contributed by atoms with Gasteiger partial charge in [-0.3, -0.25) is 0 Å². The average molecular weight is 282 g/mol. The molecule has 1 aromatic rings. The van der Waals surface area contributed by atoms with Crippen LogP contribution in [0.4, 0.5) is 0 Å². The second-order valence-electron chi connectivity index (χ2n) is 4.32. The molecule has 1 aromatic carbocycles. The molecule has 7 heteroatoms. The van der Waals surface area contributed by atoms with Gasteiger partial charge >= 0.3 is 0 Å². The average Bonchev–Trinajstić information content (AvgIpc) is 2.72. The maximum atomic E-state index is 12.1. The molecule has 0 N–H and O–H groups in total. The van der Waals surface area contributed by atoms with Crippen LogP contribution in [0.15, 0.2) is 27.5 Å². The molecular formula is C12H14N2O4S. The van der Waals surface area contributed by atoms with Gasteiger partial charge in [0.05, 0.1) is 25.9 Å². The SMILES string of the molecule is COc1cccc2c1C(N1CCOCC1)=NS2(=O)=O. The van der Waals surface area contributed by atoms with E-state index >= 15 is 0 Å². The minimum absolute atomic E-state index is 0.216. The molecule has 2 aliphatic heterocycles. The van der Waals surface area contributed by atoms with Crippen LogP contribution in [0.5, 0.6) is 5.75 Å². The molecule has 0 bridgehead atoms. The Balaban J connectivity index is 2.13. The summed E-state index contributed by atoms with van der Waals surface area (Å²) in [6.45, 7) is 2.41. The Morgan fingerprint density at radius 3 is 2.74 bits per heavy atom. The van der Waals surface area contributed by atoms with Gasteiger partial charge in [0.25, 0.3) is 10.0 Å². The van der Waals surface area contributed by atoms with Crippen LogP contribution in [0.1, 0.15) is 5.56 Å². The first-order valence-corrected chi connectivity index (χ1v) is 7.42. The molecule has 0 spiro atoms. The van der Waals surface area contributed by atoms with Crippen molar-refractivity contribution in [3.05, 3.63) is 23.8 Å². The molecule has 2 aliphatic rings. The van der Waals surface area contributed by atoms with Gasteiger partial charge in [-0.25, -0.2) is 0 Å². The predicted molar refractivity (Wildman–Crippen MR) is 69.1 cm³/mol. The number of hydrogen-bond acceptors (Lipinski definition) is 5. The number of hydrogen-bond donors (Lipinski definition) is 0. The lowest BCUT2D eigenvalue weighted by Gasteiger charge is -2.28. The number of morpholine rings is 1. The minimum Gasteiger partial charge on any atom is -0.496 e. The summed E-state index contributed by atoms with van der Waals surface area (Å²) in [5.74, 6) is 1.000. The highest BCUT2D eigenvalue weighted by Crippen LogP contribution is 2.34. The summed E-state index contributed by atoms with van der Waals surface area (Å²) < 4.78 is 38.6. The van der Waals surface area contributed by atoms with Crippen molar-refractivity contribution >= 4 is 15.9 Å². The molecule has 102 valence electrons. The van der Waals surface area contributed by atoms with Crippen molar-refractivity contribution in [2.75, 3.05) is 33.4 Å². The van der Waals surface area contributed by atoms with E-state index in [2.05, 4.69) is 4.40 Å². The third kappa shape index (κ3) is 1.98.